The monoisotopic (exact) mass is 420 g/mol. The Bertz CT molecular complexity index is 818. The van der Waals surface area contributed by atoms with Gasteiger partial charge in [-0.15, -0.1) is 0 Å². The van der Waals surface area contributed by atoms with Crippen LogP contribution in [0, 0.1) is 35.4 Å². The second-order valence-corrected chi connectivity index (χ2v) is 9.25. The van der Waals surface area contributed by atoms with Gasteiger partial charge < -0.3 is 5.32 Å². The Labute approximate surface area is 177 Å². The zero-order valence-corrected chi connectivity index (χ0v) is 18.3. The van der Waals surface area contributed by atoms with Crippen LogP contribution in [-0.2, 0) is 0 Å². The average Bonchev–Trinajstić information content (AvgIpc) is 3.01. The van der Waals surface area contributed by atoms with Crippen LogP contribution < -0.4 is 5.32 Å². The van der Waals surface area contributed by atoms with Crippen molar-refractivity contribution < 1.29 is 4.39 Å². The van der Waals surface area contributed by atoms with Crippen LogP contribution in [0.25, 0.3) is 0 Å². The van der Waals surface area contributed by atoms with E-state index in [0.717, 1.165) is 17.0 Å². The molecule has 2 aromatic rings. The maximum Gasteiger partial charge on any atom is 0.145 e. The summed E-state index contributed by atoms with van der Waals surface area (Å²) in [5.74, 6) is -0.745. The predicted octanol–water partition coefficient (Wildman–Crippen LogP) is 6.76. The first kappa shape index (κ1) is 22.7. The summed E-state index contributed by atoms with van der Waals surface area (Å²) in [7, 11) is 0. The van der Waals surface area contributed by atoms with Crippen LogP contribution >= 0.6 is 23.2 Å². The molecule has 0 radical (unpaired) electrons. The van der Waals surface area contributed by atoms with Gasteiger partial charge in [0.15, 0.2) is 0 Å². The molecule has 2 aromatic carbocycles. The van der Waals surface area contributed by atoms with E-state index in [1.807, 2.05) is 31.2 Å². The van der Waals surface area contributed by atoms with E-state index in [1.165, 1.54) is 6.07 Å². The van der Waals surface area contributed by atoms with E-state index in [1.54, 1.807) is 12.1 Å². The van der Waals surface area contributed by atoms with Crippen molar-refractivity contribution in [2.75, 3.05) is 6.54 Å². The number of nitrogens with zero attached hydrogens (tertiary/aromatic N) is 1. The fraction of sp³-hybridized carbons (Fsp3) is 0.435. The van der Waals surface area contributed by atoms with Gasteiger partial charge in [-0.25, -0.2) is 4.39 Å². The summed E-state index contributed by atoms with van der Waals surface area (Å²) in [6.45, 7) is 9.06. The Hall–Kier alpha value is -1.60. The number of benzene rings is 2. The third-order valence-corrected chi connectivity index (χ3v) is 5.62. The summed E-state index contributed by atoms with van der Waals surface area (Å²) in [5.41, 5.74) is 1.82. The number of aryl methyl sites for hydroxylation is 1. The summed E-state index contributed by atoms with van der Waals surface area (Å²) in [5, 5.41) is 13.8. The highest BCUT2D eigenvalue weighted by Gasteiger charge is 2.39. The van der Waals surface area contributed by atoms with Crippen LogP contribution in [0.2, 0.25) is 10.0 Å². The first-order valence-electron chi connectivity index (χ1n) is 9.42. The molecule has 1 N–H and O–H groups in total. The normalized spacial score (nSPS) is 21.6. The smallest absolute Gasteiger partial charge is 0.145 e. The molecule has 28 heavy (non-hydrogen) atoms. The molecular formula is C23H27Cl2FN2. The Balaban J connectivity index is 0.000000292. The molecule has 3 atom stereocenters. The summed E-state index contributed by atoms with van der Waals surface area (Å²) in [6, 6.07) is 15.2. The molecule has 5 heteroatoms. The number of hydrogen-bond donors (Lipinski definition) is 1. The Morgan fingerprint density at radius 1 is 1.11 bits per heavy atom. The molecule has 0 bridgehead atoms. The van der Waals surface area contributed by atoms with Gasteiger partial charge in [0.25, 0.3) is 0 Å². The molecule has 1 aliphatic rings. The quantitative estimate of drug-likeness (QED) is 0.582. The number of nitriles is 1. The second kappa shape index (κ2) is 9.74. The fourth-order valence-corrected chi connectivity index (χ4v) is 3.83. The van der Waals surface area contributed by atoms with Gasteiger partial charge in [0.1, 0.15) is 5.82 Å². The van der Waals surface area contributed by atoms with Crippen LogP contribution in [0.3, 0.4) is 0 Å². The zero-order chi connectivity index (χ0) is 20.9. The highest BCUT2D eigenvalue weighted by molar-refractivity contribution is 6.31. The van der Waals surface area contributed by atoms with Crippen molar-refractivity contribution >= 4 is 23.2 Å². The Morgan fingerprint density at radius 3 is 2.29 bits per heavy atom. The molecule has 2 nitrogen and oxygen atoms in total. The van der Waals surface area contributed by atoms with E-state index in [0.29, 0.717) is 12.1 Å². The molecular weight excluding hydrogens is 394 g/mol. The summed E-state index contributed by atoms with van der Waals surface area (Å²) >= 11 is 11.6. The van der Waals surface area contributed by atoms with Crippen molar-refractivity contribution in [3.63, 3.8) is 0 Å². The van der Waals surface area contributed by atoms with Crippen molar-refractivity contribution in [2.45, 2.75) is 46.1 Å². The fourth-order valence-electron chi connectivity index (χ4n) is 3.51. The SMILES string of the molecule is CC(C)(C)CC1NCC(c2cccc(Cl)c2F)C1C#N.Cc1ccccc1Cl. The Morgan fingerprint density at radius 2 is 1.75 bits per heavy atom. The molecule has 0 amide bonds. The van der Waals surface area contributed by atoms with Crippen LogP contribution in [-0.4, -0.2) is 12.6 Å². The van der Waals surface area contributed by atoms with Crippen molar-refractivity contribution in [3.05, 3.63) is 69.5 Å². The molecule has 3 rings (SSSR count). The molecule has 1 aliphatic heterocycles. The first-order chi connectivity index (χ1) is 13.1. The molecule has 1 heterocycles. The molecule has 0 aromatic heterocycles. The van der Waals surface area contributed by atoms with Crippen molar-refractivity contribution in [1.29, 1.82) is 5.26 Å². The number of rotatable bonds is 2. The van der Waals surface area contributed by atoms with Gasteiger partial charge in [0.2, 0.25) is 0 Å². The van der Waals surface area contributed by atoms with E-state index in [2.05, 4.69) is 32.2 Å². The number of halogens is 3. The van der Waals surface area contributed by atoms with Gasteiger partial charge in [-0.2, -0.15) is 5.26 Å². The van der Waals surface area contributed by atoms with Crippen LogP contribution in [0.4, 0.5) is 4.39 Å². The van der Waals surface area contributed by atoms with Crippen LogP contribution in [0.5, 0.6) is 0 Å². The van der Waals surface area contributed by atoms with Gasteiger partial charge in [-0.05, 0) is 42.0 Å². The van der Waals surface area contributed by atoms with Gasteiger partial charge in [0.05, 0.1) is 17.0 Å². The lowest BCUT2D eigenvalue weighted by Crippen LogP contribution is -2.31. The second-order valence-electron chi connectivity index (χ2n) is 8.43. The maximum absolute atomic E-state index is 14.2. The standard InChI is InChI=1S/C16H20ClFN2.C7H7Cl/c1-16(2,3)7-14-11(8-19)12(9-20-14)10-5-4-6-13(17)15(10)18;1-6-4-2-3-5-7(6)8/h4-6,11-12,14,20H,7,9H2,1-3H3;2-5H,1H3. The van der Waals surface area contributed by atoms with Gasteiger partial charge >= 0.3 is 0 Å². The lowest BCUT2D eigenvalue weighted by atomic mass is 9.79. The molecule has 0 spiro atoms. The Kier molecular flexibility index (Phi) is 7.89. The molecule has 0 aliphatic carbocycles. The third-order valence-electron chi connectivity index (χ3n) is 4.91. The molecule has 0 saturated carbocycles. The van der Waals surface area contributed by atoms with E-state index >= 15 is 0 Å². The lowest BCUT2D eigenvalue weighted by Gasteiger charge is -2.26. The molecule has 150 valence electrons. The van der Waals surface area contributed by atoms with Crippen molar-refractivity contribution in [1.82, 2.24) is 5.32 Å². The topological polar surface area (TPSA) is 35.8 Å². The van der Waals surface area contributed by atoms with Crippen molar-refractivity contribution in [2.24, 2.45) is 11.3 Å². The van der Waals surface area contributed by atoms with E-state index in [-0.39, 0.29) is 28.3 Å². The van der Waals surface area contributed by atoms with Gasteiger partial charge in [-0.3, -0.25) is 0 Å². The minimum Gasteiger partial charge on any atom is -0.312 e. The minimum atomic E-state index is -0.391. The summed E-state index contributed by atoms with van der Waals surface area (Å²) in [4.78, 5) is 0. The zero-order valence-electron chi connectivity index (χ0n) is 16.8. The highest BCUT2D eigenvalue weighted by atomic mass is 35.5. The van der Waals surface area contributed by atoms with Crippen LogP contribution in [0.1, 0.15) is 44.2 Å². The van der Waals surface area contributed by atoms with Gasteiger partial charge in [0, 0.05) is 23.5 Å². The lowest BCUT2D eigenvalue weighted by molar-refractivity contribution is 0.304. The van der Waals surface area contributed by atoms with Crippen molar-refractivity contribution in [3.8, 4) is 6.07 Å². The minimum absolute atomic E-state index is 0.100. The first-order valence-corrected chi connectivity index (χ1v) is 10.2. The van der Waals surface area contributed by atoms with E-state index < -0.39 is 5.82 Å². The van der Waals surface area contributed by atoms with Crippen LogP contribution in [0.15, 0.2) is 42.5 Å². The largest absolute Gasteiger partial charge is 0.312 e. The summed E-state index contributed by atoms with van der Waals surface area (Å²) < 4.78 is 14.2. The third kappa shape index (κ3) is 5.95. The number of nitrogens with one attached hydrogen (secondary N) is 1. The average molecular weight is 421 g/mol. The molecule has 3 unspecified atom stereocenters. The summed E-state index contributed by atoms with van der Waals surface area (Å²) in [6.07, 6.45) is 0.893. The van der Waals surface area contributed by atoms with E-state index in [9.17, 15) is 9.65 Å². The highest BCUT2D eigenvalue weighted by Crippen LogP contribution is 2.38. The van der Waals surface area contributed by atoms with E-state index in [4.69, 9.17) is 23.2 Å². The van der Waals surface area contributed by atoms with Gasteiger partial charge in [-0.1, -0.05) is 74.3 Å². The maximum atomic E-state index is 14.2. The molecule has 1 saturated heterocycles. The molecule has 1 fully saturated rings. The predicted molar refractivity (Wildman–Crippen MR) is 115 cm³/mol. The number of hydrogen-bond acceptors (Lipinski definition) is 2.